The average Bonchev–Trinajstić information content (AvgIpc) is 2.74. The summed E-state index contributed by atoms with van der Waals surface area (Å²) in [5.41, 5.74) is 3.85. The molecule has 1 aliphatic carbocycles. The van der Waals surface area contributed by atoms with Crippen molar-refractivity contribution in [2.24, 2.45) is 5.92 Å². The van der Waals surface area contributed by atoms with Crippen LogP contribution in [0.15, 0.2) is 24.3 Å². The van der Waals surface area contributed by atoms with Crippen molar-refractivity contribution in [2.45, 2.75) is 32.2 Å². The van der Waals surface area contributed by atoms with E-state index in [4.69, 9.17) is 0 Å². The smallest absolute Gasteiger partial charge is 0.225 e. The molecule has 0 spiro atoms. The predicted molar refractivity (Wildman–Crippen MR) is 74.8 cm³/mol. The highest BCUT2D eigenvalue weighted by molar-refractivity contribution is 5.86. The van der Waals surface area contributed by atoms with E-state index in [2.05, 4.69) is 34.1 Å². The second kappa shape index (κ2) is 4.12. The Hall–Kier alpha value is -1.77. The van der Waals surface area contributed by atoms with Crippen LogP contribution < -0.4 is 0 Å². The van der Waals surface area contributed by atoms with Crippen molar-refractivity contribution in [2.75, 3.05) is 6.54 Å². The third kappa shape index (κ3) is 1.68. The monoisotopic (exact) mass is 254 g/mol. The molecule has 1 fully saturated rings. The lowest BCUT2D eigenvalue weighted by Gasteiger charge is -2.34. The van der Waals surface area contributed by atoms with Gasteiger partial charge in [0.1, 0.15) is 0 Å². The molecule has 1 saturated carbocycles. The van der Waals surface area contributed by atoms with Gasteiger partial charge in [0, 0.05) is 47.6 Å². The van der Waals surface area contributed by atoms with Crippen molar-refractivity contribution in [3.63, 3.8) is 0 Å². The van der Waals surface area contributed by atoms with Crippen LogP contribution in [0.4, 0.5) is 0 Å². The van der Waals surface area contributed by atoms with Gasteiger partial charge in [0.25, 0.3) is 0 Å². The summed E-state index contributed by atoms with van der Waals surface area (Å²) in [6.07, 6.45) is 4.37. The molecule has 2 aromatic rings. The number of hydrogen-bond donors (Lipinski definition) is 1. The van der Waals surface area contributed by atoms with Gasteiger partial charge in [-0.15, -0.1) is 0 Å². The molecule has 3 heteroatoms. The molecule has 98 valence electrons. The molecule has 3 nitrogen and oxygen atoms in total. The SMILES string of the molecule is O=C(C1CCC1)N1CCc2[nH]c3ccccc3c2C1. The van der Waals surface area contributed by atoms with Crippen LogP contribution in [0.5, 0.6) is 0 Å². The maximum atomic E-state index is 12.4. The molecule has 2 heterocycles. The number of aromatic amines is 1. The maximum absolute atomic E-state index is 12.4. The standard InChI is InChI=1S/C16H18N2O/c19-16(11-4-3-5-11)18-9-8-15-13(10-18)12-6-1-2-7-14(12)17-15/h1-2,6-7,11,17H,3-5,8-10H2. The molecule has 0 unspecified atom stereocenters. The fraction of sp³-hybridized carbons (Fsp3) is 0.438. The van der Waals surface area contributed by atoms with E-state index in [9.17, 15) is 4.79 Å². The number of hydrogen-bond acceptors (Lipinski definition) is 1. The molecule has 1 aromatic carbocycles. The number of carbonyl (C=O) groups excluding carboxylic acids is 1. The maximum Gasteiger partial charge on any atom is 0.225 e. The molecular formula is C16H18N2O. The number of nitrogens with one attached hydrogen (secondary N) is 1. The molecule has 1 N–H and O–H groups in total. The Morgan fingerprint density at radius 1 is 1.26 bits per heavy atom. The predicted octanol–water partition coefficient (Wildman–Crippen LogP) is 2.85. The Kier molecular flexibility index (Phi) is 2.40. The van der Waals surface area contributed by atoms with Crippen molar-refractivity contribution in [3.8, 4) is 0 Å². The van der Waals surface area contributed by atoms with E-state index in [1.807, 2.05) is 0 Å². The summed E-state index contributed by atoms with van der Waals surface area (Å²) in [7, 11) is 0. The first-order valence-electron chi connectivity index (χ1n) is 7.20. The van der Waals surface area contributed by atoms with Crippen molar-refractivity contribution >= 4 is 16.8 Å². The van der Waals surface area contributed by atoms with E-state index >= 15 is 0 Å². The highest BCUT2D eigenvalue weighted by Crippen LogP contribution is 2.32. The molecule has 1 amide bonds. The summed E-state index contributed by atoms with van der Waals surface area (Å²) in [6.45, 7) is 1.66. The fourth-order valence-electron chi connectivity index (χ4n) is 3.27. The van der Waals surface area contributed by atoms with Crippen LogP contribution in [0.25, 0.3) is 10.9 Å². The molecule has 0 bridgehead atoms. The molecule has 0 saturated heterocycles. The second-order valence-corrected chi connectivity index (χ2v) is 5.77. The molecule has 0 radical (unpaired) electrons. The summed E-state index contributed by atoms with van der Waals surface area (Å²) in [5.74, 6) is 0.689. The zero-order valence-corrected chi connectivity index (χ0v) is 11.0. The Labute approximate surface area is 112 Å². The van der Waals surface area contributed by atoms with Gasteiger partial charge in [-0.1, -0.05) is 24.6 Å². The van der Waals surface area contributed by atoms with Gasteiger partial charge >= 0.3 is 0 Å². The minimum absolute atomic E-state index is 0.312. The summed E-state index contributed by atoms with van der Waals surface area (Å²) in [6, 6.07) is 8.40. The first kappa shape index (κ1) is 11.1. The molecule has 19 heavy (non-hydrogen) atoms. The second-order valence-electron chi connectivity index (χ2n) is 5.77. The van der Waals surface area contributed by atoms with Crippen molar-refractivity contribution in [1.29, 1.82) is 0 Å². The minimum atomic E-state index is 0.312. The number of aromatic nitrogens is 1. The van der Waals surface area contributed by atoms with Gasteiger partial charge in [0.2, 0.25) is 5.91 Å². The third-order valence-corrected chi connectivity index (χ3v) is 4.65. The Balaban J connectivity index is 1.67. The zero-order valence-electron chi connectivity index (χ0n) is 11.0. The summed E-state index contributed by atoms with van der Waals surface area (Å²) in [4.78, 5) is 17.9. The highest BCUT2D eigenvalue weighted by atomic mass is 16.2. The molecule has 4 rings (SSSR count). The number of H-pyrrole nitrogens is 1. The molecule has 2 aliphatic rings. The summed E-state index contributed by atoms with van der Waals surface area (Å²) < 4.78 is 0. The number of rotatable bonds is 1. The number of amides is 1. The van der Waals surface area contributed by atoms with Gasteiger partial charge in [-0.05, 0) is 18.9 Å². The Morgan fingerprint density at radius 2 is 2.11 bits per heavy atom. The van der Waals surface area contributed by atoms with Crippen LogP contribution in [-0.4, -0.2) is 22.3 Å². The van der Waals surface area contributed by atoms with Crippen LogP contribution in [0.1, 0.15) is 30.5 Å². The molecule has 0 atom stereocenters. The van der Waals surface area contributed by atoms with E-state index in [0.29, 0.717) is 11.8 Å². The zero-order chi connectivity index (χ0) is 12.8. The normalized spacial score (nSPS) is 19.3. The molecule has 1 aromatic heterocycles. The van der Waals surface area contributed by atoms with E-state index in [1.165, 1.54) is 28.6 Å². The number of carbonyl (C=O) groups is 1. The van der Waals surface area contributed by atoms with Gasteiger partial charge in [-0.25, -0.2) is 0 Å². The van der Waals surface area contributed by atoms with E-state index in [1.54, 1.807) is 0 Å². The van der Waals surface area contributed by atoms with E-state index in [0.717, 1.165) is 32.4 Å². The largest absolute Gasteiger partial charge is 0.358 e. The van der Waals surface area contributed by atoms with E-state index in [-0.39, 0.29) is 0 Å². The summed E-state index contributed by atoms with van der Waals surface area (Å²) >= 11 is 0. The Morgan fingerprint density at radius 3 is 2.89 bits per heavy atom. The lowest BCUT2D eigenvalue weighted by molar-refractivity contribution is -0.139. The first-order valence-corrected chi connectivity index (χ1v) is 7.20. The van der Waals surface area contributed by atoms with E-state index < -0.39 is 0 Å². The van der Waals surface area contributed by atoms with Gasteiger partial charge in [-0.3, -0.25) is 4.79 Å². The lowest BCUT2D eigenvalue weighted by Crippen LogP contribution is -2.41. The van der Waals surface area contributed by atoms with Crippen LogP contribution in [0, 0.1) is 5.92 Å². The van der Waals surface area contributed by atoms with Crippen molar-refractivity contribution in [3.05, 3.63) is 35.5 Å². The summed E-state index contributed by atoms with van der Waals surface area (Å²) in [5, 5.41) is 1.28. The third-order valence-electron chi connectivity index (χ3n) is 4.65. The highest BCUT2D eigenvalue weighted by Gasteiger charge is 2.31. The average molecular weight is 254 g/mol. The molecular weight excluding hydrogens is 236 g/mol. The minimum Gasteiger partial charge on any atom is -0.358 e. The van der Waals surface area contributed by atoms with Crippen LogP contribution in [-0.2, 0) is 17.8 Å². The lowest BCUT2D eigenvalue weighted by atomic mass is 9.84. The number of para-hydroxylation sites is 1. The number of benzene rings is 1. The fourth-order valence-corrected chi connectivity index (χ4v) is 3.27. The van der Waals surface area contributed by atoms with Crippen LogP contribution in [0.3, 0.4) is 0 Å². The number of fused-ring (bicyclic) bond motifs is 3. The van der Waals surface area contributed by atoms with Crippen LogP contribution >= 0.6 is 0 Å². The Bertz CT molecular complexity index is 639. The molecule has 1 aliphatic heterocycles. The van der Waals surface area contributed by atoms with Gasteiger partial charge in [0.15, 0.2) is 0 Å². The van der Waals surface area contributed by atoms with Gasteiger partial charge in [-0.2, -0.15) is 0 Å². The quantitative estimate of drug-likeness (QED) is 0.834. The van der Waals surface area contributed by atoms with Crippen LogP contribution in [0.2, 0.25) is 0 Å². The number of nitrogens with zero attached hydrogens (tertiary/aromatic N) is 1. The van der Waals surface area contributed by atoms with Crippen molar-refractivity contribution in [1.82, 2.24) is 9.88 Å². The van der Waals surface area contributed by atoms with Crippen molar-refractivity contribution < 1.29 is 4.79 Å². The first-order chi connectivity index (χ1) is 9.33. The van der Waals surface area contributed by atoms with Gasteiger partial charge < -0.3 is 9.88 Å². The van der Waals surface area contributed by atoms with Gasteiger partial charge in [0.05, 0.1) is 0 Å². The topological polar surface area (TPSA) is 36.1 Å².